The average molecular weight is 319 g/mol. The van der Waals surface area contributed by atoms with Crippen LogP contribution in [0.15, 0.2) is 28.9 Å². The number of halogens is 2. The van der Waals surface area contributed by atoms with Crippen molar-refractivity contribution in [2.24, 2.45) is 0 Å². The van der Waals surface area contributed by atoms with Crippen LogP contribution in [0.25, 0.3) is 0 Å². The molecule has 0 aliphatic rings. The standard InChI is InChI=1S/C9H5BrClN3OS/c10-6-2-1-5(11)3-7(6)13-9(15)8-4-12-14-16-8/h1-4H,(H,13,15). The van der Waals surface area contributed by atoms with E-state index in [1.165, 1.54) is 6.20 Å². The van der Waals surface area contributed by atoms with E-state index in [-0.39, 0.29) is 5.91 Å². The second kappa shape index (κ2) is 4.90. The van der Waals surface area contributed by atoms with Crippen LogP contribution in [0.3, 0.4) is 0 Å². The Morgan fingerprint density at radius 2 is 2.31 bits per heavy atom. The molecule has 16 heavy (non-hydrogen) atoms. The first kappa shape index (κ1) is 11.5. The Morgan fingerprint density at radius 1 is 1.50 bits per heavy atom. The molecule has 7 heteroatoms. The summed E-state index contributed by atoms with van der Waals surface area (Å²) < 4.78 is 4.38. The van der Waals surface area contributed by atoms with E-state index in [2.05, 4.69) is 30.8 Å². The van der Waals surface area contributed by atoms with Crippen molar-refractivity contribution in [2.45, 2.75) is 0 Å². The normalized spacial score (nSPS) is 10.1. The summed E-state index contributed by atoms with van der Waals surface area (Å²) in [5.41, 5.74) is 0.617. The average Bonchev–Trinajstić information content (AvgIpc) is 2.76. The highest BCUT2D eigenvalue weighted by Gasteiger charge is 2.10. The molecule has 0 fully saturated rings. The highest BCUT2D eigenvalue weighted by Crippen LogP contribution is 2.26. The summed E-state index contributed by atoms with van der Waals surface area (Å²) in [5, 5.41) is 6.86. The van der Waals surface area contributed by atoms with E-state index in [1.54, 1.807) is 18.2 Å². The quantitative estimate of drug-likeness (QED) is 0.925. The zero-order chi connectivity index (χ0) is 11.5. The fraction of sp³-hybridized carbons (Fsp3) is 0. The van der Waals surface area contributed by atoms with Crippen molar-refractivity contribution in [3.8, 4) is 0 Å². The van der Waals surface area contributed by atoms with Gasteiger partial charge in [0.25, 0.3) is 5.91 Å². The monoisotopic (exact) mass is 317 g/mol. The molecule has 0 unspecified atom stereocenters. The van der Waals surface area contributed by atoms with Crippen LogP contribution in [0, 0.1) is 0 Å². The summed E-state index contributed by atoms with van der Waals surface area (Å²) in [4.78, 5) is 12.1. The number of amides is 1. The van der Waals surface area contributed by atoms with Crippen LogP contribution >= 0.6 is 39.1 Å². The molecule has 0 radical (unpaired) electrons. The number of hydrogen-bond acceptors (Lipinski definition) is 4. The van der Waals surface area contributed by atoms with E-state index in [0.29, 0.717) is 15.6 Å². The molecule has 0 spiro atoms. The molecule has 1 amide bonds. The Labute approximate surface area is 109 Å². The first-order valence-corrected chi connectivity index (χ1v) is 6.15. The molecule has 2 aromatic rings. The Bertz CT molecular complexity index is 517. The summed E-state index contributed by atoms with van der Waals surface area (Å²) in [5.74, 6) is -0.252. The number of hydrogen-bond donors (Lipinski definition) is 1. The lowest BCUT2D eigenvalue weighted by Crippen LogP contribution is -2.10. The second-order valence-corrected chi connectivity index (χ2v) is 4.94. The molecule has 0 aliphatic heterocycles. The van der Waals surface area contributed by atoms with Crippen molar-refractivity contribution in [3.05, 3.63) is 38.8 Å². The van der Waals surface area contributed by atoms with Crippen LogP contribution in [0.5, 0.6) is 0 Å². The van der Waals surface area contributed by atoms with Gasteiger partial charge in [-0.2, -0.15) is 0 Å². The number of nitrogens with one attached hydrogen (secondary N) is 1. The van der Waals surface area contributed by atoms with Crippen molar-refractivity contribution < 1.29 is 4.79 Å². The van der Waals surface area contributed by atoms with Gasteiger partial charge in [0.1, 0.15) is 4.88 Å². The highest BCUT2D eigenvalue weighted by atomic mass is 79.9. The van der Waals surface area contributed by atoms with Gasteiger partial charge in [-0.15, -0.1) is 5.10 Å². The summed E-state index contributed by atoms with van der Waals surface area (Å²) in [6.07, 6.45) is 1.42. The van der Waals surface area contributed by atoms with Gasteiger partial charge >= 0.3 is 0 Å². The maximum absolute atomic E-state index is 11.7. The summed E-state index contributed by atoms with van der Waals surface area (Å²) in [6.45, 7) is 0. The molecule has 0 atom stereocenters. The van der Waals surface area contributed by atoms with Crippen LogP contribution in [-0.4, -0.2) is 15.5 Å². The van der Waals surface area contributed by atoms with Crippen LogP contribution in [0.4, 0.5) is 5.69 Å². The molecular formula is C9H5BrClN3OS. The Kier molecular flexibility index (Phi) is 3.52. The van der Waals surface area contributed by atoms with E-state index in [4.69, 9.17) is 11.6 Å². The van der Waals surface area contributed by atoms with Gasteiger partial charge in [-0.3, -0.25) is 4.79 Å². The van der Waals surface area contributed by atoms with Gasteiger partial charge in [-0.25, -0.2) is 0 Å². The van der Waals surface area contributed by atoms with Crippen LogP contribution in [0.1, 0.15) is 9.67 Å². The van der Waals surface area contributed by atoms with Gasteiger partial charge in [-0.05, 0) is 45.7 Å². The first-order valence-electron chi connectivity index (χ1n) is 4.20. The smallest absolute Gasteiger partial charge is 0.269 e. The highest BCUT2D eigenvalue weighted by molar-refractivity contribution is 9.10. The zero-order valence-corrected chi connectivity index (χ0v) is 10.9. The lowest BCUT2D eigenvalue weighted by Gasteiger charge is -2.05. The third-order valence-electron chi connectivity index (χ3n) is 1.76. The molecular weight excluding hydrogens is 314 g/mol. The van der Waals surface area contributed by atoms with E-state index in [9.17, 15) is 4.79 Å². The summed E-state index contributed by atoms with van der Waals surface area (Å²) >= 11 is 10.2. The first-order chi connectivity index (χ1) is 7.66. The van der Waals surface area contributed by atoms with Gasteiger partial charge < -0.3 is 5.32 Å². The Balaban J connectivity index is 2.21. The maximum Gasteiger partial charge on any atom is 0.269 e. The van der Waals surface area contributed by atoms with Gasteiger partial charge in [0.2, 0.25) is 0 Å². The SMILES string of the molecule is O=C(Nc1cc(Cl)ccc1Br)c1cnns1. The Hall–Kier alpha value is -0.980. The number of carbonyl (C=O) groups is 1. The van der Waals surface area contributed by atoms with Gasteiger partial charge in [0.05, 0.1) is 11.9 Å². The van der Waals surface area contributed by atoms with E-state index in [0.717, 1.165) is 16.0 Å². The molecule has 4 nitrogen and oxygen atoms in total. The number of aromatic nitrogens is 2. The van der Waals surface area contributed by atoms with Crippen LogP contribution in [-0.2, 0) is 0 Å². The minimum absolute atomic E-state index is 0.252. The minimum atomic E-state index is -0.252. The third-order valence-corrected chi connectivity index (χ3v) is 3.35. The molecule has 1 aromatic heterocycles. The summed E-state index contributed by atoms with van der Waals surface area (Å²) in [7, 11) is 0. The number of nitrogens with zero attached hydrogens (tertiary/aromatic N) is 2. The Morgan fingerprint density at radius 3 is 3.00 bits per heavy atom. The van der Waals surface area contributed by atoms with Gasteiger partial charge in [-0.1, -0.05) is 16.1 Å². The number of anilines is 1. The number of carbonyl (C=O) groups excluding carboxylic acids is 1. The van der Waals surface area contributed by atoms with Crippen molar-refractivity contribution >= 4 is 50.7 Å². The second-order valence-electron chi connectivity index (χ2n) is 2.86. The van der Waals surface area contributed by atoms with E-state index < -0.39 is 0 Å². The van der Waals surface area contributed by atoms with Crippen molar-refractivity contribution in [1.82, 2.24) is 9.59 Å². The third kappa shape index (κ3) is 2.58. The van der Waals surface area contributed by atoms with Crippen LogP contribution in [0.2, 0.25) is 5.02 Å². The van der Waals surface area contributed by atoms with E-state index >= 15 is 0 Å². The lowest BCUT2D eigenvalue weighted by molar-refractivity contribution is 0.103. The lowest BCUT2D eigenvalue weighted by atomic mass is 10.3. The fourth-order valence-electron chi connectivity index (χ4n) is 1.04. The molecule has 0 saturated carbocycles. The van der Waals surface area contributed by atoms with Crippen molar-refractivity contribution in [2.75, 3.05) is 5.32 Å². The molecule has 1 heterocycles. The molecule has 0 saturated heterocycles. The molecule has 0 bridgehead atoms. The van der Waals surface area contributed by atoms with Crippen molar-refractivity contribution in [3.63, 3.8) is 0 Å². The molecule has 82 valence electrons. The minimum Gasteiger partial charge on any atom is -0.320 e. The number of benzene rings is 1. The summed E-state index contributed by atoms with van der Waals surface area (Å²) in [6, 6.07) is 5.16. The van der Waals surface area contributed by atoms with Crippen LogP contribution < -0.4 is 5.32 Å². The van der Waals surface area contributed by atoms with Gasteiger partial charge in [0, 0.05) is 9.50 Å². The molecule has 1 aromatic carbocycles. The number of rotatable bonds is 2. The topological polar surface area (TPSA) is 54.9 Å². The molecule has 2 rings (SSSR count). The van der Waals surface area contributed by atoms with Gasteiger partial charge in [0.15, 0.2) is 0 Å². The zero-order valence-electron chi connectivity index (χ0n) is 7.78. The van der Waals surface area contributed by atoms with E-state index in [1.807, 2.05) is 0 Å². The maximum atomic E-state index is 11.7. The predicted octanol–water partition coefficient (Wildman–Crippen LogP) is 3.21. The fourth-order valence-corrected chi connectivity index (χ4v) is 1.97. The molecule has 0 aliphatic carbocycles. The predicted molar refractivity (Wildman–Crippen MR) is 67.0 cm³/mol. The van der Waals surface area contributed by atoms with Crippen molar-refractivity contribution in [1.29, 1.82) is 0 Å². The largest absolute Gasteiger partial charge is 0.320 e. The molecule has 1 N–H and O–H groups in total.